The number of carbonyl (C=O) groups excluding carboxylic acids is 1. The second-order valence-electron chi connectivity index (χ2n) is 3.69. The quantitative estimate of drug-likeness (QED) is 0.799. The predicted octanol–water partition coefficient (Wildman–Crippen LogP) is 3.98. The zero-order chi connectivity index (χ0) is 13.0. The molecule has 0 heterocycles. The topological polar surface area (TPSA) is 26.3 Å². The Morgan fingerprint density at radius 1 is 1.22 bits per heavy atom. The van der Waals surface area contributed by atoms with Crippen LogP contribution in [0.15, 0.2) is 46.9 Å². The fourth-order valence-corrected chi connectivity index (χ4v) is 2.00. The van der Waals surface area contributed by atoms with Gasteiger partial charge in [0, 0.05) is 4.47 Å². The Hall–Kier alpha value is -1.68. The van der Waals surface area contributed by atoms with Crippen LogP contribution in [0.25, 0.3) is 0 Å². The third kappa shape index (κ3) is 2.96. The Morgan fingerprint density at radius 3 is 2.72 bits per heavy atom. The molecule has 0 saturated heterocycles. The lowest BCUT2D eigenvalue weighted by Gasteiger charge is -2.09. The van der Waals surface area contributed by atoms with Crippen LogP contribution in [0.2, 0.25) is 0 Å². The molecule has 2 nitrogen and oxygen atoms in total. The summed E-state index contributed by atoms with van der Waals surface area (Å²) in [7, 11) is 0. The summed E-state index contributed by atoms with van der Waals surface area (Å²) in [5.74, 6) is -0.540. The summed E-state index contributed by atoms with van der Waals surface area (Å²) in [5, 5.41) is 0. The summed E-state index contributed by atoms with van der Waals surface area (Å²) in [6, 6.07) is 11.8. The largest absolute Gasteiger partial charge is 0.485 e. The van der Waals surface area contributed by atoms with Crippen molar-refractivity contribution in [3.8, 4) is 5.75 Å². The van der Waals surface area contributed by atoms with Crippen molar-refractivity contribution < 1.29 is 13.9 Å². The number of carbonyl (C=O) groups is 1. The van der Waals surface area contributed by atoms with Gasteiger partial charge in [0.2, 0.25) is 0 Å². The van der Waals surface area contributed by atoms with Crippen LogP contribution >= 0.6 is 15.9 Å². The Bertz CT molecular complexity index is 569. The summed E-state index contributed by atoms with van der Waals surface area (Å²) >= 11 is 3.35. The van der Waals surface area contributed by atoms with Crippen molar-refractivity contribution in [1.82, 2.24) is 0 Å². The fourth-order valence-electron chi connectivity index (χ4n) is 1.55. The Balaban J connectivity index is 2.18. The Labute approximate surface area is 113 Å². The molecule has 0 radical (unpaired) electrons. The fraction of sp³-hybridized carbons (Fsp3) is 0.0714. The summed E-state index contributed by atoms with van der Waals surface area (Å²) in [6.45, 7) is 0.210. The zero-order valence-electron chi connectivity index (χ0n) is 9.40. The molecule has 4 heteroatoms. The number of rotatable bonds is 4. The molecular formula is C14H10BrFO2. The summed E-state index contributed by atoms with van der Waals surface area (Å²) in [5.41, 5.74) is 1.11. The highest BCUT2D eigenvalue weighted by molar-refractivity contribution is 9.10. The van der Waals surface area contributed by atoms with Gasteiger partial charge >= 0.3 is 0 Å². The highest BCUT2D eigenvalue weighted by Gasteiger charge is 2.09. The van der Waals surface area contributed by atoms with E-state index in [2.05, 4.69) is 15.9 Å². The van der Waals surface area contributed by atoms with Crippen LogP contribution < -0.4 is 4.74 Å². The molecule has 0 saturated carbocycles. The van der Waals surface area contributed by atoms with Gasteiger partial charge in [0.1, 0.15) is 6.61 Å². The molecule has 2 aromatic rings. The molecule has 0 unspecified atom stereocenters. The smallest absolute Gasteiger partial charge is 0.165 e. The van der Waals surface area contributed by atoms with Gasteiger partial charge in [0.25, 0.3) is 0 Å². The Kier molecular flexibility index (Phi) is 4.10. The lowest BCUT2D eigenvalue weighted by Crippen LogP contribution is -2.00. The van der Waals surface area contributed by atoms with E-state index in [4.69, 9.17) is 4.74 Å². The first-order valence-corrected chi connectivity index (χ1v) is 6.11. The lowest BCUT2D eigenvalue weighted by molar-refractivity contribution is 0.111. The number of benzene rings is 2. The predicted molar refractivity (Wildman–Crippen MR) is 70.3 cm³/mol. The molecule has 2 aromatic carbocycles. The summed E-state index contributed by atoms with van der Waals surface area (Å²) < 4.78 is 19.8. The number of ether oxygens (including phenoxy) is 1. The van der Waals surface area contributed by atoms with Gasteiger partial charge < -0.3 is 4.74 Å². The third-order valence-corrected chi connectivity index (χ3v) is 2.89. The van der Waals surface area contributed by atoms with Crippen LogP contribution in [-0.4, -0.2) is 6.29 Å². The Morgan fingerprint density at radius 2 is 2.00 bits per heavy atom. The molecule has 0 amide bonds. The third-order valence-electron chi connectivity index (χ3n) is 2.40. The van der Waals surface area contributed by atoms with Crippen LogP contribution in [0.3, 0.4) is 0 Å². The van der Waals surface area contributed by atoms with E-state index in [0.717, 1.165) is 10.0 Å². The van der Waals surface area contributed by atoms with Crippen LogP contribution in [-0.2, 0) is 6.61 Å². The van der Waals surface area contributed by atoms with Crippen LogP contribution in [0.1, 0.15) is 15.9 Å². The zero-order valence-corrected chi connectivity index (χ0v) is 11.0. The van der Waals surface area contributed by atoms with E-state index in [9.17, 15) is 9.18 Å². The van der Waals surface area contributed by atoms with Crippen molar-refractivity contribution in [2.75, 3.05) is 0 Å². The molecule has 0 fully saturated rings. The van der Waals surface area contributed by atoms with E-state index in [-0.39, 0.29) is 17.9 Å². The number of aldehydes is 1. The van der Waals surface area contributed by atoms with Crippen LogP contribution in [0.4, 0.5) is 4.39 Å². The molecule has 0 aromatic heterocycles. The molecule has 2 rings (SSSR count). The van der Waals surface area contributed by atoms with E-state index in [1.165, 1.54) is 18.2 Å². The van der Waals surface area contributed by atoms with Crippen molar-refractivity contribution in [1.29, 1.82) is 0 Å². The average molecular weight is 309 g/mol. The van der Waals surface area contributed by atoms with Crippen molar-refractivity contribution in [3.63, 3.8) is 0 Å². The van der Waals surface area contributed by atoms with Gasteiger partial charge in [-0.3, -0.25) is 4.79 Å². The van der Waals surface area contributed by atoms with Crippen molar-refractivity contribution >= 4 is 22.2 Å². The minimum atomic E-state index is -0.533. The first-order valence-electron chi connectivity index (χ1n) is 5.31. The average Bonchev–Trinajstić information content (AvgIpc) is 2.37. The van der Waals surface area contributed by atoms with E-state index in [0.29, 0.717) is 6.29 Å². The molecule has 0 aliphatic carbocycles. The minimum Gasteiger partial charge on any atom is -0.485 e. The van der Waals surface area contributed by atoms with Gasteiger partial charge in [0.05, 0.1) is 5.56 Å². The van der Waals surface area contributed by atoms with Crippen molar-refractivity contribution in [2.45, 2.75) is 6.61 Å². The second kappa shape index (κ2) is 5.78. The highest BCUT2D eigenvalue weighted by atomic mass is 79.9. The van der Waals surface area contributed by atoms with Gasteiger partial charge in [-0.15, -0.1) is 0 Å². The molecule has 0 spiro atoms. The maximum Gasteiger partial charge on any atom is 0.165 e. The maximum atomic E-state index is 13.5. The standard InChI is InChI=1S/C14H10BrFO2/c15-12-5-1-3-10(7-12)9-18-14-11(8-17)4-2-6-13(14)16/h1-8H,9H2. The second-order valence-corrected chi connectivity index (χ2v) is 4.61. The van der Waals surface area contributed by atoms with Crippen LogP contribution in [0, 0.1) is 5.82 Å². The number of hydrogen-bond donors (Lipinski definition) is 0. The number of halogens is 2. The van der Waals surface area contributed by atoms with Gasteiger partial charge in [-0.05, 0) is 29.8 Å². The molecule has 0 atom stereocenters. The molecule has 18 heavy (non-hydrogen) atoms. The van der Waals surface area contributed by atoms with Crippen LogP contribution in [0.5, 0.6) is 5.75 Å². The number of para-hydroxylation sites is 1. The van der Waals surface area contributed by atoms with Gasteiger partial charge in [-0.2, -0.15) is 0 Å². The number of hydrogen-bond acceptors (Lipinski definition) is 2. The monoisotopic (exact) mass is 308 g/mol. The molecule has 0 aliphatic heterocycles. The van der Waals surface area contributed by atoms with E-state index in [1.807, 2.05) is 24.3 Å². The van der Waals surface area contributed by atoms with Gasteiger partial charge in [0.15, 0.2) is 17.9 Å². The van der Waals surface area contributed by atoms with Gasteiger partial charge in [-0.1, -0.05) is 34.1 Å². The minimum absolute atomic E-state index is 0.00697. The van der Waals surface area contributed by atoms with Gasteiger partial charge in [-0.25, -0.2) is 4.39 Å². The van der Waals surface area contributed by atoms with E-state index in [1.54, 1.807) is 0 Å². The molecule has 0 N–H and O–H groups in total. The lowest BCUT2D eigenvalue weighted by atomic mass is 10.2. The summed E-state index contributed by atoms with van der Waals surface area (Å²) in [6.07, 6.45) is 0.583. The van der Waals surface area contributed by atoms with E-state index < -0.39 is 5.82 Å². The molecule has 0 aliphatic rings. The first kappa shape index (κ1) is 12.8. The van der Waals surface area contributed by atoms with Crippen molar-refractivity contribution in [3.05, 3.63) is 63.9 Å². The first-order chi connectivity index (χ1) is 8.70. The maximum absolute atomic E-state index is 13.5. The van der Waals surface area contributed by atoms with Crippen molar-refractivity contribution in [2.24, 2.45) is 0 Å². The molecule has 92 valence electrons. The summed E-state index contributed by atoms with van der Waals surface area (Å²) in [4.78, 5) is 10.8. The normalized spacial score (nSPS) is 10.1. The molecular weight excluding hydrogens is 299 g/mol. The SMILES string of the molecule is O=Cc1cccc(F)c1OCc1cccc(Br)c1. The van der Waals surface area contributed by atoms with E-state index >= 15 is 0 Å². The molecule has 0 bridgehead atoms. The highest BCUT2D eigenvalue weighted by Crippen LogP contribution is 2.22.